The monoisotopic (exact) mass is 301 g/mol. The van der Waals surface area contributed by atoms with Crippen LogP contribution >= 0.6 is 0 Å². The molecule has 22 heavy (non-hydrogen) atoms. The summed E-state index contributed by atoms with van der Waals surface area (Å²) in [6.07, 6.45) is 7.75. The third-order valence-corrected chi connectivity index (χ3v) is 4.85. The van der Waals surface area contributed by atoms with Crippen molar-refractivity contribution in [3.8, 4) is 11.5 Å². The first-order valence-electron chi connectivity index (χ1n) is 7.85. The van der Waals surface area contributed by atoms with Crippen molar-refractivity contribution >= 4 is 5.78 Å². The molecule has 1 spiro atoms. The van der Waals surface area contributed by atoms with E-state index in [4.69, 9.17) is 9.47 Å². The molecule has 1 fully saturated rings. The Morgan fingerprint density at radius 2 is 2.05 bits per heavy atom. The van der Waals surface area contributed by atoms with Crippen LogP contribution in [0.4, 0.5) is 0 Å². The second-order valence-corrected chi connectivity index (χ2v) is 6.11. The highest BCUT2D eigenvalue weighted by atomic mass is 16.5. The van der Waals surface area contributed by atoms with Gasteiger partial charge in [0, 0.05) is 18.5 Å². The topological polar surface area (TPSA) is 38.8 Å². The lowest BCUT2D eigenvalue weighted by Crippen LogP contribution is -2.42. The molecule has 1 aliphatic carbocycles. The molecular weight excluding hydrogens is 278 g/mol. The van der Waals surface area contributed by atoms with Crippen LogP contribution in [0.2, 0.25) is 0 Å². The Bertz CT molecular complexity index is 596. The molecule has 0 aromatic heterocycles. The van der Waals surface area contributed by atoms with Crippen molar-refractivity contribution < 1.29 is 14.3 Å². The molecule has 0 bridgehead atoms. The minimum atomic E-state index is -0.00631. The fourth-order valence-corrected chi connectivity index (χ4v) is 3.65. The van der Waals surface area contributed by atoms with Gasteiger partial charge in [-0.15, -0.1) is 0 Å². The molecule has 1 heterocycles. The number of ketones is 1. The van der Waals surface area contributed by atoms with Crippen LogP contribution in [0.15, 0.2) is 30.4 Å². The minimum absolute atomic E-state index is 0.00631. The van der Waals surface area contributed by atoms with Crippen LogP contribution in [-0.2, 0) is 11.2 Å². The molecule has 0 N–H and O–H groups in total. The average molecular weight is 301 g/mol. The molecule has 0 saturated carbocycles. The van der Waals surface area contributed by atoms with Crippen LogP contribution in [-0.4, -0.2) is 43.5 Å². The first kappa shape index (κ1) is 15.1. The van der Waals surface area contributed by atoms with Gasteiger partial charge in [-0.3, -0.25) is 9.69 Å². The third-order valence-electron chi connectivity index (χ3n) is 4.85. The minimum Gasteiger partial charge on any atom is -0.493 e. The van der Waals surface area contributed by atoms with Gasteiger partial charge in [0.1, 0.15) is 0 Å². The van der Waals surface area contributed by atoms with Gasteiger partial charge in [-0.1, -0.05) is 12.1 Å². The number of nitrogens with zero attached hydrogens (tertiary/aromatic N) is 1. The number of hydrogen-bond donors (Lipinski definition) is 0. The number of ether oxygens (including phenoxy) is 2. The third kappa shape index (κ3) is 2.75. The van der Waals surface area contributed by atoms with Crippen LogP contribution in [0.5, 0.6) is 11.5 Å². The lowest BCUT2D eigenvalue weighted by molar-refractivity contribution is -0.115. The Balaban J connectivity index is 1.67. The van der Waals surface area contributed by atoms with Crippen LogP contribution in [0, 0.1) is 0 Å². The normalized spacial score (nSPS) is 24.4. The average Bonchev–Trinajstić information content (AvgIpc) is 3.11. The van der Waals surface area contributed by atoms with E-state index in [2.05, 4.69) is 17.0 Å². The van der Waals surface area contributed by atoms with Gasteiger partial charge in [-0.2, -0.15) is 0 Å². The van der Waals surface area contributed by atoms with E-state index in [0.717, 1.165) is 37.4 Å². The van der Waals surface area contributed by atoms with Crippen LogP contribution < -0.4 is 9.47 Å². The summed E-state index contributed by atoms with van der Waals surface area (Å²) in [6.45, 7) is 2.04. The number of likely N-dealkylation sites (tertiary alicyclic amines) is 1. The molecule has 2 aliphatic rings. The Morgan fingerprint density at radius 3 is 2.73 bits per heavy atom. The highest BCUT2D eigenvalue weighted by Crippen LogP contribution is 2.37. The number of methoxy groups -OCH3 is 2. The van der Waals surface area contributed by atoms with Crippen molar-refractivity contribution in [1.29, 1.82) is 0 Å². The summed E-state index contributed by atoms with van der Waals surface area (Å²) in [5, 5.41) is 0. The molecule has 4 nitrogen and oxygen atoms in total. The highest BCUT2D eigenvalue weighted by Gasteiger charge is 2.42. The molecule has 1 atom stereocenters. The number of hydrogen-bond acceptors (Lipinski definition) is 4. The first-order chi connectivity index (χ1) is 10.7. The molecule has 4 heteroatoms. The van der Waals surface area contributed by atoms with Gasteiger partial charge in [-0.25, -0.2) is 0 Å². The quantitative estimate of drug-likeness (QED) is 0.838. The van der Waals surface area contributed by atoms with E-state index in [1.54, 1.807) is 20.3 Å². The fraction of sp³-hybridized carbons (Fsp3) is 0.500. The van der Waals surface area contributed by atoms with Gasteiger partial charge in [0.2, 0.25) is 0 Å². The van der Waals surface area contributed by atoms with E-state index in [-0.39, 0.29) is 11.3 Å². The number of rotatable bonds is 5. The summed E-state index contributed by atoms with van der Waals surface area (Å²) in [7, 11) is 3.31. The predicted octanol–water partition coefficient (Wildman–Crippen LogP) is 2.61. The lowest BCUT2D eigenvalue weighted by Gasteiger charge is -2.33. The second-order valence-electron chi connectivity index (χ2n) is 6.11. The second kappa shape index (κ2) is 6.13. The van der Waals surface area contributed by atoms with Crippen LogP contribution in [0.25, 0.3) is 0 Å². The standard InChI is InChI=1S/C18H23NO3/c1-21-16-5-4-14(12-17(16)22-2)7-11-19-10-3-8-18(19)9-6-15(20)13-18/h4-6,9,12H,3,7-8,10-11,13H2,1-2H3. The van der Waals surface area contributed by atoms with Crippen molar-refractivity contribution in [2.45, 2.75) is 31.2 Å². The fourth-order valence-electron chi connectivity index (χ4n) is 3.65. The molecule has 1 saturated heterocycles. The van der Waals surface area contributed by atoms with E-state index in [1.807, 2.05) is 12.1 Å². The van der Waals surface area contributed by atoms with Crippen LogP contribution in [0.3, 0.4) is 0 Å². The zero-order valence-electron chi connectivity index (χ0n) is 13.3. The van der Waals surface area contributed by atoms with Crippen molar-refractivity contribution in [2.24, 2.45) is 0 Å². The van der Waals surface area contributed by atoms with Crippen molar-refractivity contribution in [3.63, 3.8) is 0 Å². The molecule has 0 amide bonds. The molecule has 0 radical (unpaired) electrons. The van der Waals surface area contributed by atoms with Crippen molar-refractivity contribution in [2.75, 3.05) is 27.3 Å². The molecule has 1 unspecified atom stereocenters. The molecule has 3 rings (SSSR count). The summed E-state index contributed by atoms with van der Waals surface area (Å²) < 4.78 is 10.6. The van der Waals surface area contributed by atoms with Crippen LogP contribution in [0.1, 0.15) is 24.8 Å². The van der Waals surface area contributed by atoms with E-state index >= 15 is 0 Å². The van der Waals surface area contributed by atoms with Crippen molar-refractivity contribution in [1.82, 2.24) is 4.90 Å². The maximum Gasteiger partial charge on any atom is 0.160 e. The Kier molecular flexibility index (Phi) is 4.21. The number of carbonyl (C=O) groups is 1. The number of benzene rings is 1. The zero-order chi connectivity index (χ0) is 15.6. The maximum absolute atomic E-state index is 11.6. The van der Waals surface area contributed by atoms with Gasteiger partial charge in [0.15, 0.2) is 17.3 Å². The number of allylic oxidation sites excluding steroid dienone is 1. The summed E-state index contributed by atoms with van der Waals surface area (Å²) in [5.41, 5.74) is 1.22. The van der Waals surface area contributed by atoms with E-state index in [0.29, 0.717) is 6.42 Å². The van der Waals surface area contributed by atoms with Gasteiger partial charge in [0.05, 0.1) is 14.2 Å². The Morgan fingerprint density at radius 1 is 1.23 bits per heavy atom. The zero-order valence-corrected chi connectivity index (χ0v) is 13.3. The molecular formula is C18H23NO3. The first-order valence-corrected chi connectivity index (χ1v) is 7.85. The summed E-state index contributed by atoms with van der Waals surface area (Å²) in [5.74, 6) is 1.79. The summed E-state index contributed by atoms with van der Waals surface area (Å²) in [4.78, 5) is 14.1. The predicted molar refractivity (Wildman–Crippen MR) is 85.6 cm³/mol. The SMILES string of the molecule is COc1ccc(CCN2CCCC23C=CC(=O)C3)cc1OC. The summed E-state index contributed by atoms with van der Waals surface area (Å²) >= 11 is 0. The number of carbonyl (C=O) groups excluding carboxylic acids is 1. The molecule has 1 aromatic rings. The Hall–Kier alpha value is -1.81. The van der Waals surface area contributed by atoms with Gasteiger partial charge in [0.25, 0.3) is 0 Å². The Labute approximate surface area is 131 Å². The van der Waals surface area contributed by atoms with Crippen molar-refractivity contribution in [3.05, 3.63) is 35.9 Å². The van der Waals surface area contributed by atoms with E-state index < -0.39 is 0 Å². The van der Waals surface area contributed by atoms with E-state index in [1.165, 1.54) is 12.0 Å². The largest absolute Gasteiger partial charge is 0.493 e. The summed E-state index contributed by atoms with van der Waals surface area (Å²) in [6, 6.07) is 6.07. The van der Waals surface area contributed by atoms with E-state index in [9.17, 15) is 4.79 Å². The van der Waals surface area contributed by atoms with Gasteiger partial charge >= 0.3 is 0 Å². The molecule has 118 valence electrons. The van der Waals surface area contributed by atoms with Gasteiger partial charge in [-0.05, 0) is 49.6 Å². The maximum atomic E-state index is 11.6. The van der Waals surface area contributed by atoms with Gasteiger partial charge < -0.3 is 9.47 Å². The molecule has 1 aromatic carbocycles. The smallest absolute Gasteiger partial charge is 0.160 e. The highest BCUT2D eigenvalue weighted by molar-refractivity contribution is 5.94. The molecule has 1 aliphatic heterocycles. The lowest BCUT2D eigenvalue weighted by atomic mass is 9.95.